The van der Waals surface area contributed by atoms with Gasteiger partial charge in [-0.1, -0.05) is 18.0 Å². The first-order chi connectivity index (χ1) is 9.60. The number of nitrogens with zero attached hydrogens (tertiary/aromatic N) is 1. The molecule has 5 heteroatoms. The van der Waals surface area contributed by atoms with Crippen LogP contribution in [-0.2, 0) is 4.74 Å². The van der Waals surface area contributed by atoms with Gasteiger partial charge in [0, 0.05) is 18.8 Å². The number of fused-ring (bicyclic) bond motifs is 1. The second-order valence-corrected chi connectivity index (χ2v) is 6.15. The fourth-order valence-corrected chi connectivity index (χ4v) is 3.97. The molecule has 3 rings (SSSR count). The van der Waals surface area contributed by atoms with Gasteiger partial charge in [0.25, 0.3) is 0 Å². The first-order valence-corrected chi connectivity index (χ1v) is 7.40. The molecule has 2 unspecified atom stereocenters. The Kier molecular flexibility index (Phi) is 3.50. The smallest absolute Gasteiger partial charge is 0.340 e. The first-order valence-electron chi connectivity index (χ1n) is 7.02. The lowest BCUT2D eigenvalue weighted by atomic mass is 10.0. The molecule has 2 N–H and O–H groups in total. The van der Waals surface area contributed by atoms with Crippen LogP contribution >= 0.6 is 11.6 Å². The topological polar surface area (TPSA) is 55.6 Å². The summed E-state index contributed by atoms with van der Waals surface area (Å²) in [6.07, 6.45) is 3.88. The minimum Gasteiger partial charge on any atom is -0.465 e. The fraction of sp³-hybridized carbons (Fsp3) is 0.533. The molecule has 2 atom stereocenters. The van der Waals surface area contributed by atoms with E-state index in [2.05, 4.69) is 4.90 Å². The van der Waals surface area contributed by atoms with E-state index in [9.17, 15) is 4.79 Å². The van der Waals surface area contributed by atoms with Gasteiger partial charge in [-0.05, 0) is 36.8 Å². The Morgan fingerprint density at radius 1 is 1.35 bits per heavy atom. The number of nitrogens with two attached hydrogens (primary N) is 1. The number of rotatable bonds is 2. The SMILES string of the molecule is COC(=O)c1cc(N)cc(Cl)c1N1CC2CCCC2C1. The van der Waals surface area contributed by atoms with Crippen molar-refractivity contribution >= 4 is 28.9 Å². The third-order valence-corrected chi connectivity index (χ3v) is 4.82. The number of benzene rings is 1. The monoisotopic (exact) mass is 294 g/mol. The molecule has 1 aromatic rings. The number of esters is 1. The minimum atomic E-state index is -0.383. The van der Waals surface area contributed by atoms with Crippen molar-refractivity contribution in [3.63, 3.8) is 0 Å². The number of methoxy groups -OCH3 is 1. The van der Waals surface area contributed by atoms with Crippen molar-refractivity contribution in [2.75, 3.05) is 30.8 Å². The van der Waals surface area contributed by atoms with Crippen molar-refractivity contribution in [1.29, 1.82) is 0 Å². The molecular weight excluding hydrogens is 276 g/mol. The van der Waals surface area contributed by atoms with E-state index in [-0.39, 0.29) is 5.97 Å². The Labute approximate surface area is 123 Å². The molecule has 108 valence electrons. The van der Waals surface area contributed by atoms with Crippen molar-refractivity contribution in [3.8, 4) is 0 Å². The summed E-state index contributed by atoms with van der Waals surface area (Å²) in [5.74, 6) is 1.08. The van der Waals surface area contributed by atoms with E-state index in [0.29, 0.717) is 16.3 Å². The fourth-order valence-electron chi connectivity index (χ4n) is 3.62. The predicted octanol–water partition coefficient (Wildman–Crippen LogP) is 2.95. The zero-order valence-electron chi connectivity index (χ0n) is 11.6. The van der Waals surface area contributed by atoms with Gasteiger partial charge in [0.15, 0.2) is 0 Å². The molecular formula is C15H19ClN2O2. The van der Waals surface area contributed by atoms with Crippen LogP contribution in [-0.4, -0.2) is 26.2 Å². The molecule has 0 bridgehead atoms. The first kappa shape index (κ1) is 13.6. The summed E-state index contributed by atoms with van der Waals surface area (Å²) in [6, 6.07) is 3.36. The van der Waals surface area contributed by atoms with Crippen LogP contribution in [0.5, 0.6) is 0 Å². The quantitative estimate of drug-likeness (QED) is 0.673. The number of hydrogen-bond donors (Lipinski definition) is 1. The van der Waals surface area contributed by atoms with Gasteiger partial charge in [-0.2, -0.15) is 0 Å². The van der Waals surface area contributed by atoms with Crippen LogP contribution in [0.15, 0.2) is 12.1 Å². The average molecular weight is 295 g/mol. The zero-order chi connectivity index (χ0) is 14.3. The molecule has 20 heavy (non-hydrogen) atoms. The summed E-state index contributed by atoms with van der Waals surface area (Å²) in [7, 11) is 1.38. The maximum Gasteiger partial charge on any atom is 0.340 e. The number of carbonyl (C=O) groups is 1. The molecule has 1 aliphatic carbocycles. The third kappa shape index (κ3) is 2.22. The highest BCUT2D eigenvalue weighted by Crippen LogP contribution is 2.43. The molecule has 2 fully saturated rings. The predicted molar refractivity (Wildman–Crippen MR) is 80.2 cm³/mol. The van der Waals surface area contributed by atoms with Crippen molar-refractivity contribution < 1.29 is 9.53 Å². The number of halogens is 1. The van der Waals surface area contributed by atoms with E-state index in [1.807, 2.05) is 0 Å². The van der Waals surface area contributed by atoms with E-state index in [1.54, 1.807) is 12.1 Å². The maximum absolute atomic E-state index is 12.0. The van der Waals surface area contributed by atoms with Crippen molar-refractivity contribution in [2.45, 2.75) is 19.3 Å². The molecule has 4 nitrogen and oxygen atoms in total. The summed E-state index contributed by atoms with van der Waals surface area (Å²) < 4.78 is 4.86. The van der Waals surface area contributed by atoms with Crippen molar-refractivity contribution in [1.82, 2.24) is 0 Å². The second-order valence-electron chi connectivity index (χ2n) is 5.75. The van der Waals surface area contributed by atoms with Crippen LogP contribution in [0.3, 0.4) is 0 Å². The molecule has 1 saturated carbocycles. The molecule has 1 aliphatic heterocycles. The highest BCUT2D eigenvalue weighted by molar-refractivity contribution is 6.34. The lowest BCUT2D eigenvalue weighted by molar-refractivity contribution is 0.0601. The van der Waals surface area contributed by atoms with Gasteiger partial charge in [0.1, 0.15) is 0 Å². The summed E-state index contributed by atoms with van der Waals surface area (Å²) in [5, 5.41) is 0.533. The second kappa shape index (κ2) is 5.17. The van der Waals surface area contributed by atoms with Crippen molar-refractivity contribution in [3.05, 3.63) is 22.7 Å². The van der Waals surface area contributed by atoms with Crippen LogP contribution in [0.4, 0.5) is 11.4 Å². The lowest BCUT2D eigenvalue weighted by Crippen LogP contribution is -2.24. The minimum absolute atomic E-state index is 0.383. The van der Waals surface area contributed by atoms with Gasteiger partial charge in [0.05, 0.1) is 23.4 Å². The van der Waals surface area contributed by atoms with Crippen LogP contribution in [0, 0.1) is 11.8 Å². The van der Waals surface area contributed by atoms with Crippen molar-refractivity contribution in [2.24, 2.45) is 11.8 Å². The Hall–Kier alpha value is -1.42. The molecule has 0 amide bonds. The van der Waals surface area contributed by atoms with Gasteiger partial charge in [-0.15, -0.1) is 0 Å². The zero-order valence-corrected chi connectivity index (χ0v) is 12.3. The standard InChI is InChI=1S/C15H19ClN2O2/c1-20-15(19)12-5-11(17)6-13(16)14(12)18-7-9-3-2-4-10(9)8-18/h5-6,9-10H,2-4,7-8,17H2,1H3. The summed E-state index contributed by atoms with van der Waals surface area (Å²) in [6.45, 7) is 1.94. The Bertz CT molecular complexity index is 535. The molecule has 0 radical (unpaired) electrons. The van der Waals surface area contributed by atoms with Gasteiger partial charge in [-0.3, -0.25) is 0 Å². The van der Waals surface area contributed by atoms with Crippen LogP contribution in [0.2, 0.25) is 5.02 Å². The molecule has 1 saturated heterocycles. The van der Waals surface area contributed by atoms with Gasteiger partial charge in [0.2, 0.25) is 0 Å². The summed E-state index contributed by atoms with van der Waals surface area (Å²) >= 11 is 6.34. The van der Waals surface area contributed by atoms with Crippen LogP contribution in [0.1, 0.15) is 29.6 Å². The number of carbonyl (C=O) groups excluding carboxylic acids is 1. The van der Waals surface area contributed by atoms with E-state index in [0.717, 1.165) is 30.6 Å². The summed E-state index contributed by atoms with van der Waals surface area (Å²) in [4.78, 5) is 14.2. The van der Waals surface area contributed by atoms with Crippen LogP contribution < -0.4 is 10.6 Å². The molecule has 2 aliphatic rings. The molecule has 1 aromatic carbocycles. The maximum atomic E-state index is 12.0. The van der Waals surface area contributed by atoms with Crippen LogP contribution in [0.25, 0.3) is 0 Å². The lowest BCUT2D eigenvalue weighted by Gasteiger charge is -2.23. The number of ether oxygens (including phenoxy) is 1. The van der Waals surface area contributed by atoms with E-state index in [1.165, 1.54) is 26.4 Å². The summed E-state index contributed by atoms with van der Waals surface area (Å²) in [5.41, 5.74) is 7.54. The average Bonchev–Trinajstić information content (AvgIpc) is 2.97. The Balaban J connectivity index is 1.98. The highest BCUT2D eigenvalue weighted by atomic mass is 35.5. The number of anilines is 2. The number of hydrogen-bond acceptors (Lipinski definition) is 4. The highest BCUT2D eigenvalue weighted by Gasteiger charge is 2.38. The Morgan fingerprint density at radius 3 is 2.60 bits per heavy atom. The third-order valence-electron chi connectivity index (χ3n) is 4.53. The van der Waals surface area contributed by atoms with Gasteiger partial charge >= 0.3 is 5.97 Å². The number of nitrogen functional groups attached to an aromatic ring is 1. The van der Waals surface area contributed by atoms with Gasteiger partial charge < -0.3 is 15.4 Å². The molecule has 0 aromatic heterocycles. The van der Waals surface area contributed by atoms with Gasteiger partial charge in [-0.25, -0.2) is 4.79 Å². The molecule has 0 spiro atoms. The largest absolute Gasteiger partial charge is 0.465 e. The van der Waals surface area contributed by atoms with E-state index in [4.69, 9.17) is 22.1 Å². The van der Waals surface area contributed by atoms with E-state index >= 15 is 0 Å². The molecule has 1 heterocycles. The van der Waals surface area contributed by atoms with E-state index < -0.39 is 0 Å². The Morgan fingerprint density at radius 2 is 2.00 bits per heavy atom. The normalized spacial score (nSPS) is 24.8.